The van der Waals surface area contributed by atoms with Crippen LogP contribution in [-0.2, 0) is 14.3 Å². The summed E-state index contributed by atoms with van der Waals surface area (Å²) < 4.78 is 12.8. The van der Waals surface area contributed by atoms with Gasteiger partial charge in [0.15, 0.2) is 0 Å². The third-order valence-electron chi connectivity index (χ3n) is 4.65. The molecule has 0 saturated heterocycles. The molecule has 0 aromatic carbocycles. The largest absolute Gasteiger partial charge is 0.481 e. The SMILES string of the molecule is CCCCCCCCCC(OC(C)(C)C)C(CCCCC(=O)O)OC(C)(C)C. The number of unbranched alkanes of at least 4 members (excludes halogenated alkanes) is 7. The third-order valence-corrected chi connectivity index (χ3v) is 4.65. The minimum atomic E-state index is -0.723. The summed E-state index contributed by atoms with van der Waals surface area (Å²) in [6, 6.07) is 0. The van der Waals surface area contributed by atoms with Crippen molar-refractivity contribution in [3.05, 3.63) is 0 Å². The molecule has 0 aliphatic rings. The maximum absolute atomic E-state index is 10.8. The number of aliphatic carboxylic acids is 1. The first-order chi connectivity index (χ1) is 12.9. The minimum absolute atomic E-state index is 0.00751. The van der Waals surface area contributed by atoms with E-state index in [1.54, 1.807) is 0 Å². The Bertz CT molecular complexity index is 392. The summed E-state index contributed by atoms with van der Waals surface area (Å²) in [5.41, 5.74) is -0.455. The summed E-state index contributed by atoms with van der Waals surface area (Å²) in [5, 5.41) is 8.89. The van der Waals surface area contributed by atoms with Crippen LogP contribution in [0.1, 0.15) is 126 Å². The average Bonchev–Trinajstić information content (AvgIpc) is 2.53. The van der Waals surface area contributed by atoms with Gasteiger partial charge in [-0.2, -0.15) is 0 Å². The van der Waals surface area contributed by atoms with Crippen LogP contribution in [0.5, 0.6) is 0 Å². The van der Waals surface area contributed by atoms with Gasteiger partial charge in [0.25, 0.3) is 0 Å². The molecule has 168 valence electrons. The molecular formula is C24H48O4. The second-order valence-electron chi connectivity index (χ2n) is 10.1. The molecule has 0 aliphatic carbocycles. The molecule has 0 amide bonds. The van der Waals surface area contributed by atoms with Crippen LogP contribution in [0, 0.1) is 0 Å². The maximum atomic E-state index is 10.8. The summed E-state index contributed by atoms with van der Waals surface area (Å²) in [6.45, 7) is 14.8. The molecule has 2 atom stereocenters. The lowest BCUT2D eigenvalue weighted by atomic mass is 9.97. The number of rotatable bonds is 16. The van der Waals surface area contributed by atoms with Gasteiger partial charge >= 0.3 is 5.97 Å². The molecule has 28 heavy (non-hydrogen) atoms. The van der Waals surface area contributed by atoms with E-state index in [0.717, 1.165) is 25.7 Å². The topological polar surface area (TPSA) is 55.8 Å². The van der Waals surface area contributed by atoms with Crippen molar-refractivity contribution in [1.82, 2.24) is 0 Å². The van der Waals surface area contributed by atoms with Crippen LogP contribution in [0.15, 0.2) is 0 Å². The molecule has 4 heteroatoms. The fourth-order valence-electron chi connectivity index (χ4n) is 3.47. The molecule has 0 aromatic rings. The first-order valence-corrected chi connectivity index (χ1v) is 11.5. The smallest absolute Gasteiger partial charge is 0.303 e. The van der Waals surface area contributed by atoms with Gasteiger partial charge in [0.2, 0.25) is 0 Å². The highest BCUT2D eigenvalue weighted by molar-refractivity contribution is 5.66. The molecule has 0 bridgehead atoms. The van der Waals surface area contributed by atoms with Gasteiger partial charge in [-0.05, 0) is 60.8 Å². The van der Waals surface area contributed by atoms with E-state index < -0.39 is 5.97 Å². The molecular weight excluding hydrogens is 352 g/mol. The monoisotopic (exact) mass is 400 g/mol. The van der Waals surface area contributed by atoms with Gasteiger partial charge in [-0.25, -0.2) is 0 Å². The Balaban J connectivity index is 4.77. The van der Waals surface area contributed by atoms with Gasteiger partial charge in [-0.1, -0.05) is 58.3 Å². The third kappa shape index (κ3) is 17.5. The van der Waals surface area contributed by atoms with Gasteiger partial charge in [-0.15, -0.1) is 0 Å². The molecule has 0 fully saturated rings. The van der Waals surface area contributed by atoms with Crippen molar-refractivity contribution < 1.29 is 19.4 Å². The minimum Gasteiger partial charge on any atom is -0.481 e. The summed E-state index contributed by atoms with van der Waals surface area (Å²) in [7, 11) is 0. The van der Waals surface area contributed by atoms with Crippen molar-refractivity contribution in [2.24, 2.45) is 0 Å². The van der Waals surface area contributed by atoms with Crippen molar-refractivity contribution in [2.75, 3.05) is 0 Å². The van der Waals surface area contributed by atoms with Crippen molar-refractivity contribution in [2.45, 2.75) is 149 Å². The first-order valence-electron chi connectivity index (χ1n) is 11.5. The van der Waals surface area contributed by atoms with Crippen LogP contribution < -0.4 is 0 Å². The Labute approximate surface area is 174 Å². The summed E-state index contributed by atoms with van der Waals surface area (Å²) >= 11 is 0. The van der Waals surface area contributed by atoms with Crippen molar-refractivity contribution in [3.63, 3.8) is 0 Å². The van der Waals surface area contributed by atoms with E-state index in [4.69, 9.17) is 14.6 Å². The predicted octanol–water partition coefficient (Wildman–Crippen LogP) is 7.14. The molecule has 0 saturated carbocycles. The van der Waals surface area contributed by atoms with Gasteiger partial charge < -0.3 is 14.6 Å². The predicted molar refractivity (Wildman–Crippen MR) is 118 cm³/mol. The molecule has 0 aliphatic heterocycles. The molecule has 4 nitrogen and oxygen atoms in total. The van der Waals surface area contributed by atoms with Crippen molar-refractivity contribution >= 4 is 5.97 Å². The summed E-state index contributed by atoms with van der Waals surface area (Å²) in [4.78, 5) is 10.8. The van der Waals surface area contributed by atoms with E-state index in [1.807, 2.05) is 0 Å². The van der Waals surface area contributed by atoms with Crippen LogP contribution in [0.4, 0.5) is 0 Å². The summed E-state index contributed by atoms with van der Waals surface area (Å²) in [5.74, 6) is -0.723. The number of carbonyl (C=O) groups is 1. The van der Waals surface area contributed by atoms with Crippen molar-refractivity contribution in [3.8, 4) is 0 Å². The Morgan fingerprint density at radius 1 is 0.714 bits per heavy atom. The standard InChI is InChI=1S/C24H48O4/c1-8-9-10-11-12-13-14-17-20(27-23(2,3)4)21(28-24(5,6)7)18-15-16-19-22(25)26/h20-21H,8-19H2,1-7H3,(H,25,26). The van der Waals surface area contributed by atoms with Crippen LogP contribution in [0.3, 0.4) is 0 Å². The number of carboxylic acid groups (broad SMARTS) is 1. The fraction of sp³-hybridized carbons (Fsp3) is 0.958. The van der Waals surface area contributed by atoms with E-state index in [2.05, 4.69) is 48.5 Å². The highest BCUT2D eigenvalue weighted by Gasteiger charge is 2.30. The van der Waals surface area contributed by atoms with Gasteiger partial charge in [0, 0.05) is 6.42 Å². The van der Waals surface area contributed by atoms with Crippen molar-refractivity contribution in [1.29, 1.82) is 0 Å². The number of carboxylic acids is 1. The zero-order valence-corrected chi connectivity index (χ0v) is 19.8. The van der Waals surface area contributed by atoms with Crippen LogP contribution in [0.25, 0.3) is 0 Å². The Morgan fingerprint density at radius 2 is 1.11 bits per heavy atom. The van der Waals surface area contributed by atoms with Gasteiger partial charge in [0.05, 0.1) is 23.4 Å². The van der Waals surface area contributed by atoms with E-state index in [0.29, 0.717) is 6.42 Å². The quantitative estimate of drug-likeness (QED) is 0.280. The summed E-state index contributed by atoms with van der Waals surface area (Å²) in [6.07, 6.45) is 12.7. The van der Waals surface area contributed by atoms with E-state index >= 15 is 0 Å². The first kappa shape index (κ1) is 27.4. The number of ether oxygens (including phenoxy) is 2. The lowest BCUT2D eigenvalue weighted by Gasteiger charge is -2.37. The number of hydrogen-bond donors (Lipinski definition) is 1. The molecule has 0 heterocycles. The molecule has 1 N–H and O–H groups in total. The highest BCUT2D eigenvalue weighted by atomic mass is 16.6. The van der Waals surface area contributed by atoms with Gasteiger partial charge in [-0.3, -0.25) is 4.79 Å². The van der Waals surface area contributed by atoms with Crippen LogP contribution in [0.2, 0.25) is 0 Å². The molecule has 2 unspecified atom stereocenters. The van der Waals surface area contributed by atoms with E-state index in [9.17, 15) is 4.79 Å². The highest BCUT2D eigenvalue weighted by Crippen LogP contribution is 2.27. The van der Waals surface area contributed by atoms with Gasteiger partial charge in [0.1, 0.15) is 0 Å². The zero-order valence-electron chi connectivity index (χ0n) is 19.8. The lowest BCUT2D eigenvalue weighted by Crippen LogP contribution is -2.41. The van der Waals surface area contributed by atoms with Crippen LogP contribution >= 0.6 is 0 Å². The maximum Gasteiger partial charge on any atom is 0.303 e. The molecule has 0 spiro atoms. The number of hydrogen-bond acceptors (Lipinski definition) is 3. The Morgan fingerprint density at radius 3 is 1.50 bits per heavy atom. The molecule has 0 aromatic heterocycles. The molecule has 0 radical (unpaired) electrons. The second-order valence-corrected chi connectivity index (χ2v) is 10.1. The fourth-order valence-corrected chi connectivity index (χ4v) is 3.47. The second kappa shape index (κ2) is 14.4. The Kier molecular flexibility index (Phi) is 14.1. The normalized spacial score (nSPS) is 14.8. The zero-order chi connectivity index (χ0) is 21.6. The van der Waals surface area contributed by atoms with E-state index in [1.165, 1.54) is 38.5 Å². The van der Waals surface area contributed by atoms with Crippen LogP contribution in [-0.4, -0.2) is 34.5 Å². The lowest BCUT2D eigenvalue weighted by molar-refractivity contribution is -0.167. The Hall–Kier alpha value is -0.610. The van der Waals surface area contributed by atoms with E-state index in [-0.39, 0.29) is 29.8 Å². The molecule has 0 rings (SSSR count). The average molecular weight is 401 g/mol.